The number of rotatable bonds is 1. The molecule has 1 aliphatic heterocycles. The Balaban J connectivity index is 1.98. The van der Waals surface area contributed by atoms with Crippen LogP contribution in [0.5, 0.6) is 0 Å². The van der Waals surface area contributed by atoms with E-state index in [4.69, 9.17) is 0 Å². The van der Waals surface area contributed by atoms with Crippen LogP contribution in [-0.4, -0.2) is 21.5 Å². The number of nitrogens with one attached hydrogen (secondary N) is 1. The number of amides is 2. The summed E-state index contributed by atoms with van der Waals surface area (Å²) in [6.07, 6.45) is 4.52. The summed E-state index contributed by atoms with van der Waals surface area (Å²) in [5.41, 5.74) is 1.57. The van der Waals surface area contributed by atoms with Crippen LogP contribution in [0.2, 0.25) is 0 Å². The molecule has 0 fully saturated rings. The third kappa shape index (κ3) is 1.55. The van der Waals surface area contributed by atoms with Gasteiger partial charge in [-0.3, -0.25) is 9.36 Å². The number of benzene rings is 1. The van der Waals surface area contributed by atoms with Crippen LogP contribution >= 0.6 is 0 Å². The van der Waals surface area contributed by atoms with E-state index in [1.54, 1.807) is 24.4 Å². The van der Waals surface area contributed by atoms with E-state index in [2.05, 4.69) is 15.6 Å². The molecule has 0 aliphatic carbocycles. The fraction of sp³-hybridized carbons (Fsp3) is 0. The average molecular weight is 227 g/mol. The summed E-state index contributed by atoms with van der Waals surface area (Å²) in [5.74, 6) is -0.208. The van der Waals surface area contributed by atoms with Crippen molar-refractivity contribution in [2.24, 2.45) is 0 Å². The van der Waals surface area contributed by atoms with Crippen molar-refractivity contribution in [3.63, 3.8) is 0 Å². The van der Waals surface area contributed by atoms with Crippen molar-refractivity contribution in [2.75, 3.05) is 5.32 Å². The molecule has 2 amide bonds. The van der Waals surface area contributed by atoms with E-state index in [0.717, 1.165) is 0 Å². The van der Waals surface area contributed by atoms with Gasteiger partial charge in [0.15, 0.2) is 0 Å². The number of nitrogens with zero attached hydrogens (tertiary/aromatic N) is 3. The standard InChI is InChI=1S/C11H7N4O2/c16-10(15-4-3-12-6-15)7-1-2-8-9(5-7)14-11(17)13-8/h1-6H,(H,13,17). The van der Waals surface area contributed by atoms with Crippen LogP contribution in [0.3, 0.4) is 0 Å². The van der Waals surface area contributed by atoms with Gasteiger partial charge in [0.1, 0.15) is 6.33 Å². The van der Waals surface area contributed by atoms with E-state index in [1.165, 1.54) is 17.1 Å². The topological polar surface area (TPSA) is 78.1 Å². The molecule has 0 saturated heterocycles. The Bertz CT molecular complexity index is 604. The summed E-state index contributed by atoms with van der Waals surface area (Å²) < 4.78 is 1.37. The van der Waals surface area contributed by atoms with Gasteiger partial charge >= 0.3 is 6.03 Å². The molecule has 1 aromatic carbocycles. The summed E-state index contributed by atoms with van der Waals surface area (Å²) in [4.78, 5) is 26.8. The molecule has 0 bridgehead atoms. The highest BCUT2D eigenvalue weighted by Crippen LogP contribution is 2.28. The second-order valence-electron chi connectivity index (χ2n) is 3.55. The molecule has 6 heteroatoms. The number of imidazole rings is 1. The molecule has 2 aromatic rings. The van der Waals surface area contributed by atoms with Gasteiger partial charge in [0.2, 0.25) is 0 Å². The number of carbonyl (C=O) groups is 2. The Morgan fingerprint density at radius 1 is 1.35 bits per heavy atom. The first kappa shape index (κ1) is 9.59. The molecule has 0 saturated carbocycles. The lowest BCUT2D eigenvalue weighted by atomic mass is 10.1. The second-order valence-corrected chi connectivity index (χ2v) is 3.55. The molecule has 1 radical (unpaired) electrons. The molecule has 1 aromatic heterocycles. The van der Waals surface area contributed by atoms with Crippen LogP contribution in [0.4, 0.5) is 16.2 Å². The van der Waals surface area contributed by atoms with Crippen molar-refractivity contribution < 1.29 is 9.59 Å². The first-order chi connectivity index (χ1) is 8.24. The molecule has 0 unspecified atom stereocenters. The number of hydrogen-bond donors (Lipinski definition) is 1. The van der Waals surface area contributed by atoms with Crippen molar-refractivity contribution in [2.45, 2.75) is 0 Å². The number of hydrogen-bond acceptors (Lipinski definition) is 3. The highest BCUT2D eigenvalue weighted by atomic mass is 16.2. The lowest BCUT2D eigenvalue weighted by Crippen LogP contribution is -2.09. The number of carbonyl (C=O) groups excluding carboxylic acids is 2. The molecule has 17 heavy (non-hydrogen) atoms. The van der Waals surface area contributed by atoms with Gasteiger partial charge in [-0.2, -0.15) is 5.32 Å². The van der Waals surface area contributed by atoms with Crippen molar-refractivity contribution >= 4 is 23.3 Å². The van der Waals surface area contributed by atoms with E-state index >= 15 is 0 Å². The molecule has 0 spiro atoms. The predicted octanol–water partition coefficient (Wildman–Crippen LogP) is 1.35. The largest absolute Gasteiger partial charge is 0.346 e. The summed E-state index contributed by atoms with van der Waals surface area (Å²) in [7, 11) is 0. The SMILES string of the molecule is O=C1[N]c2cc(C(=O)n3ccnc3)ccc2N1. The zero-order valence-corrected chi connectivity index (χ0v) is 8.62. The Labute approximate surface area is 96.3 Å². The zero-order valence-electron chi connectivity index (χ0n) is 8.62. The number of anilines is 1. The molecule has 2 heterocycles. The van der Waals surface area contributed by atoms with Gasteiger partial charge in [0.25, 0.3) is 5.91 Å². The molecule has 1 N–H and O–H groups in total. The summed E-state index contributed by atoms with van der Waals surface area (Å²) in [6, 6.07) is 4.47. The molecular formula is C11H7N4O2. The molecule has 83 valence electrons. The van der Waals surface area contributed by atoms with Crippen molar-refractivity contribution in [1.29, 1.82) is 0 Å². The third-order valence-corrected chi connectivity index (χ3v) is 2.45. The van der Waals surface area contributed by atoms with Crippen LogP contribution in [0, 0.1) is 0 Å². The van der Waals surface area contributed by atoms with Crippen molar-refractivity contribution in [3.05, 3.63) is 42.5 Å². The maximum atomic E-state index is 12.0. The highest BCUT2D eigenvalue weighted by Gasteiger charge is 2.20. The van der Waals surface area contributed by atoms with Gasteiger partial charge in [0, 0.05) is 18.0 Å². The van der Waals surface area contributed by atoms with Gasteiger partial charge in [0.05, 0.1) is 11.4 Å². The lowest BCUT2D eigenvalue weighted by molar-refractivity contribution is 0.0959. The molecule has 1 aliphatic rings. The van der Waals surface area contributed by atoms with Gasteiger partial charge in [-0.05, 0) is 18.2 Å². The smallest absolute Gasteiger partial charge is 0.304 e. The average Bonchev–Trinajstić information content (AvgIpc) is 2.94. The van der Waals surface area contributed by atoms with Crippen molar-refractivity contribution in [3.8, 4) is 0 Å². The molecule has 6 nitrogen and oxygen atoms in total. The van der Waals surface area contributed by atoms with E-state index in [9.17, 15) is 9.59 Å². The minimum Gasteiger partial charge on any atom is -0.304 e. The quantitative estimate of drug-likeness (QED) is 0.798. The van der Waals surface area contributed by atoms with Crippen molar-refractivity contribution in [1.82, 2.24) is 14.9 Å². The van der Waals surface area contributed by atoms with Crippen LogP contribution in [0.15, 0.2) is 36.9 Å². The maximum Gasteiger partial charge on any atom is 0.346 e. The summed E-state index contributed by atoms with van der Waals surface area (Å²) >= 11 is 0. The van der Waals surface area contributed by atoms with E-state index in [1.807, 2.05) is 0 Å². The second kappa shape index (κ2) is 3.44. The Hall–Kier alpha value is -2.63. The predicted molar refractivity (Wildman–Crippen MR) is 59.2 cm³/mol. The lowest BCUT2D eigenvalue weighted by Gasteiger charge is -2.02. The number of urea groups is 1. The minimum atomic E-state index is -0.410. The normalized spacial score (nSPS) is 12.8. The monoisotopic (exact) mass is 227 g/mol. The summed E-state index contributed by atoms with van der Waals surface area (Å²) in [5, 5.41) is 6.31. The Morgan fingerprint density at radius 3 is 3.00 bits per heavy atom. The van der Waals surface area contributed by atoms with Crippen LogP contribution in [0.1, 0.15) is 10.4 Å². The first-order valence-electron chi connectivity index (χ1n) is 4.93. The van der Waals surface area contributed by atoms with E-state index in [-0.39, 0.29) is 5.91 Å². The van der Waals surface area contributed by atoms with Crippen LogP contribution < -0.4 is 10.6 Å². The molecule has 0 atom stereocenters. The van der Waals surface area contributed by atoms with E-state index < -0.39 is 6.03 Å². The highest BCUT2D eigenvalue weighted by molar-refractivity contribution is 6.05. The Kier molecular flexibility index (Phi) is 1.94. The van der Waals surface area contributed by atoms with Crippen LogP contribution in [0.25, 0.3) is 0 Å². The van der Waals surface area contributed by atoms with Gasteiger partial charge in [-0.25, -0.2) is 9.78 Å². The zero-order chi connectivity index (χ0) is 11.8. The first-order valence-corrected chi connectivity index (χ1v) is 4.93. The molecular weight excluding hydrogens is 220 g/mol. The number of aromatic nitrogens is 2. The van der Waals surface area contributed by atoms with Gasteiger partial charge in [-0.1, -0.05) is 0 Å². The fourth-order valence-corrected chi connectivity index (χ4v) is 1.64. The molecule has 3 rings (SSSR count). The minimum absolute atomic E-state index is 0.208. The van der Waals surface area contributed by atoms with Gasteiger partial charge < -0.3 is 5.32 Å². The van der Waals surface area contributed by atoms with E-state index in [0.29, 0.717) is 16.9 Å². The Morgan fingerprint density at radius 2 is 2.24 bits per heavy atom. The maximum absolute atomic E-state index is 12.0. The van der Waals surface area contributed by atoms with Crippen LogP contribution in [-0.2, 0) is 0 Å². The third-order valence-electron chi connectivity index (χ3n) is 2.45. The fourth-order valence-electron chi connectivity index (χ4n) is 1.64. The van der Waals surface area contributed by atoms with Gasteiger partial charge in [-0.15, -0.1) is 0 Å². The number of fused-ring (bicyclic) bond motifs is 1. The summed E-state index contributed by atoms with van der Waals surface area (Å²) in [6.45, 7) is 0.